The Hall–Kier alpha value is -3.13. The zero-order chi connectivity index (χ0) is 21.0. The molecule has 2 aromatic carbocycles. The number of methoxy groups -OCH3 is 6. The molecule has 1 aromatic heterocycles. The highest BCUT2D eigenvalue weighted by Crippen LogP contribution is 2.47. The van der Waals surface area contributed by atoms with Gasteiger partial charge in [-0.2, -0.15) is 4.37 Å². The molecule has 0 saturated heterocycles. The average molecular weight is 417 g/mol. The molecule has 0 atom stereocenters. The van der Waals surface area contributed by atoms with Crippen molar-refractivity contribution in [2.45, 2.75) is 0 Å². The minimum absolute atomic E-state index is 0.532. The molecule has 1 heterocycles. The molecular weight excluding hydrogens is 394 g/mol. The first-order chi connectivity index (χ1) is 14.1. The normalized spacial score (nSPS) is 10.4. The number of benzene rings is 2. The SMILES string of the molecule is COc1cc(OC)c(OC)c(-c2nscc2-c2cc(OC)c(OC)c(OC)c2)c1. The standard InChI is InChI=1S/C21H23NO6S/c1-23-13-9-14(20(27-5)18(10-13)26-4)19-15(11-29-22-19)12-7-16(24-2)21(28-6)17(8-12)25-3/h7-11H,1-6H3. The molecule has 0 fully saturated rings. The van der Waals surface area contributed by atoms with Crippen molar-refractivity contribution in [2.75, 3.05) is 42.7 Å². The maximum absolute atomic E-state index is 5.62. The highest BCUT2D eigenvalue weighted by molar-refractivity contribution is 7.04. The van der Waals surface area contributed by atoms with Crippen LogP contribution in [0.3, 0.4) is 0 Å². The van der Waals surface area contributed by atoms with Gasteiger partial charge in [-0.05, 0) is 35.3 Å². The van der Waals surface area contributed by atoms with Crippen LogP contribution in [0.4, 0.5) is 0 Å². The van der Waals surface area contributed by atoms with Crippen LogP contribution < -0.4 is 28.4 Å². The molecule has 8 heteroatoms. The third kappa shape index (κ3) is 3.75. The van der Waals surface area contributed by atoms with Crippen molar-refractivity contribution in [3.8, 4) is 56.9 Å². The lowest BCUT2D eigenvalue weighted by atomic mass is 10.00. The summed E-state index contributed by atoms with van der Waals surface area (Å²) in [6.45, 7) is 0. The Morgan fingerprint density at radius 3 is 1.72 bits per heavy atom. The minimum Gasteiger partial charge on any atom is -0.497 e. The van der Waals surface area contributed by atoms with E-state index in [-0.39, 0.29) is 0 Å². The fourth-order valence-corrected chi connectivity index (χ4v) is 3.81. The Morgan fingerprint density at radius 1 is 0.621 bits per heavy atom. The van der Waals surface area contributed by atoms with Gasteiger partial charge in [0.25, 0.3) is 0 Å². The number of rotatable bonds is 8. The Kier molecular flexibility index (Phi) is 6.33. The molecule has 0 aliphatic rings. The van der Waals surface area contributed by atoms with E-state index in [0.29, 0.717) is 34.5 Å². The van der Waals surface area contributed by atoms with Crippen molar-refractivity contribution >= 4 is 11.5 Å². The average Bonchev–Trinajstić information content (AvgIpc) is 3.26. The number of ether oxygens (including phenoxy) is 6. The van der Waals surface area contributed by atoms with E-state index in [1.807, 2.05) is 23.6 Å². The van der Waals surface area contributed by atoms with Gasteiger partial charge in [-0.25, -0.2) is 0 Å². The summed E-state index contributed by atoms with van der Waals surface area (Å²) in [5.41, 5.74) is 3.25. The van der Waals surface area contributed by atoms with Gasteiger partial charge in [0.1, 0.15) is 5.75 Å². The topological polar surface area (TPSA) is 68.3 Å². The summed E-state index contributed by atoms with van der Waals surface area (Å²) in [6, 6.07) is 7.42. The van der Waals surface area contributed by atoms with Crippen LogP contribution >= 0.6 is 11.5 Å². The van der Waals surface area contributed by atoms with E-state index in [1.54, 1.807) is 48.7 Å². The molecule has 0 amide bonds. The van der Waals surface area contributed by atoms with Crippen LogP contribution in [0.5, 0.6) is 34.5 Å². The number of nitrogens with zero attached hydrogens (tertiary/aromatic N) is 1. The summed E-state index contributed by atoms with van der Waals surface area (Å²) in [4.78, 5) is 0. The largest absolute Gasteiger partial charge is 0.497 e. The highest BCUT2D eigenvalue weighted by Gasteiger charge is 2.22. The van der Waals surface area contributed by atoms with Gasteiger partial charge >= 0.3 is 0 Å². The van der Waals surface area contributed by atoms with E-state index >= 15 is 0 Å². The maximum atomic E-state index is 5.62. The quantitative estimate of drug-likeness (QED) is 0.533. The van der Waals surface area contributed by atoms with Crippen LogP contribution in [-0.2, 0) is 0 Å². The van der Waals surface area contributed by atoms with E-state index in [0.717, 1.165) is 22.4 Å². The second-order valence-electron chi connectivity index (χ2n) is 5.90. The number of hydrogen-bond acceptors (Lipinski definition) is 8. The first-order valence-electron chi connectivity index (χ1n) is 8.66. The van der Waals surface area contributed by atoms with Crippen LogP contribution in [0.25, 0.3) is 22.4 Å². The van der Waals surface area contributed by atoms with Gasteiger partial charge < -0.3 is 28.4 Å². The maximum Gasteiger partial charge on any atom is 0.203 e. The zero-order valence-electron chi connectivity index (χ0n) is 17.2. The van der Waals surface area contributed by atoms with Gasteiger partial charge in [-0.1, -0.05) is 0 Å². The molecule has 0 spiro atoms. The van der Waals surface area contributed by atoms with E-state index in [4.69, 9.17) is 28.4 Å². The van der Waals surface area contributed by atoms with Crippen molar-refractivity contribution in [2.24, 2.45) is 0 Å². The van der Waals surface area contributed by atoms with Gasteiger partial charge in [0.05, 0.1) is 53.9 Å². The van der Waals surface area contributed by atoms with Crippen LogP contribution in [0, 0.1) is 0 Å². The van der Waals surface area contributed by atoms with Gasteiger partial charge in [-0.15, -0.1) is 0 Å². The van der Waals surface area contributed by atoms with Crippen molar-refractivity contribution in [1.29, 1.82) is 0 Å². The first kappa shape index (κ1) is 20.6. The molecule has 0 unspecified atom stereocenters. The van der Waals surface area contributed by atoms with Crippen LogP contribution in [-0.4, -0.2) is 47.0 Å². The summed E-state index contributed by atoms with van der Waals surface area (Å²) < 4.78 is 37.6. The van der Waals surface area contributed by atoms with Gasteiger partial charge in [0.2, 0.25) is 5.75 Å². The predicted molar refractivity (Wildman–Crippen MR) is 112 cm³/mol. The Balaban J connectivity index is 2.24. The van der Waals surface area contributed by atoms with Crippen molar-refractivity contribution in [3.05, 3.63) is 29.6 Å². The van der Waals surface area contributed by atoms with Crippen LogP contribution in [0.15, 0.2) is 29.6 Å². The molecule has 29 heavy (non-hydrogen) atoms. The van der Waals surface area contributed by atoms with Crippen LogP contribution in [0.1, 0.15) is 0 Å². The highest BCUT2D eigenvalue weighted by atomic mass is 32.1. The first-order valence-corrected chi connectivity index (χ1v) is 9.50. The van der Waals surface area contributed by atoms with E-state index in [2.05, 4.69) is 4.37 Å². The molecule has 0 saturated carbocycles. The van der Waals surface area contributed by atoms with E-state index in [1.165, 1.54) is 11.5 Å². The predicted octanol–water partition coefficient (Wildman–Crippen LogP) is 4.53. The van der Waals surface area contributed by atoms with Crippen molar-refractivity contribution < 1.29 is 28.4 Å². The van der Waals surface area contributed by atoms with E-state index < -0.39 is 0 Å². The molecule has 0 aliphatic heterocycles. The molecular formula is C21H23NO6S. The monoisotopic (exact) mass is 417 g/mol. The molecule has 0 aliphatic carbocycles. The minimum atomic E-state index is 0.532. The third-order valence-corrected chi connectivity index (χ3v) is 5.12. The van der Waals surface area contributed by atoms with Crippen molar-refractivity contribution in [3.63, 3.8) is 0 Å². The molecule has 154 valence electrons. The lowest BCUT2D eigenvalue weighted by molar-refractivity contribution is 0.324. The fourth-order valence-electron chi connectivity index (χ4n) is 3.11. The number of aromatic nitrogens is 1. The molecule has 7 nitrogen and oxygen atoms in total. The summed E-state index contributed by atoms with van der Waals surface area (Å²) in [7, 11) is 9.53. The molecule has 0 radical (unpaired) electrons. The molecule has 0 bridgehead atoms. The van der Waals surface area contributed by atoms with Gasteiger partial charge in [-0.3, -0.25) is 0 Å². The van der Waals surface area contributed by atoms with Crippen molar-refractivity contribution in [1.82, 2.24) is 4.37 Å². The molecule has 3 rings (SSSR count). The van der Waals surface area contributed by atoms with Gasteiger partial charge in [0, 0.05) is 17.0 Å². The van der Waals surface area contributed by atoms with E-state index in [9.17, 15) is 0 Å². The summed E-state index contributed by atoms with van der Waals surface area (Å²) in [6.07, 6.45) is 0. The zero-order valence-corrected chi connectivity index (χ0v) is 18.0. The lowest BCUT2D eigenvalue weighted by Crippen LogP contribution is -1.97. The Morgan fingerprint density at radius 2 is 1.21 bits per heavy atom. The second kappa shape index (κ2) is 8.91. The summed E-state index contributed by atoms with van der Waals surface area (Å²) in [5, 5.41) is 1.96. The molecule has 3 aromatic rings. The fraction of sp³-hybridized carbons (Fsp3) is 0.286. The third-order valence-electron chi connectivity index (χ3n) is 4.49. The lowest BCUT2D eigenvalue weighted by Gasteiger charge is -2.16. The van der Waals surface area contributed by atoms with Crippen LogP contribution in [0.2, 0.25) is 0 Å². The van der Waals surface area contributed by atoms with Gasteiger partial charge in [0.15, 0.2) is 23.0 Å². The number of hydrogen-bond donors (Lipinski definition) is 0. The molecule has 0 N–H and O–H groups in total. The summed E-state index contributed by atoms with van der Waals surface area (Å²) >= 11 is 1.34. The smallest absolute Gasteiger partial charge is 0.203 e. The Bertz CT molecular complexity index is 976. The second-order valence-corrected chi connectivity index (χ2v) is 6.53. The Labute approximate surface area is 173 Å². The summed E-state index contributed by atoms with van der Waals surface area (Å²) in [5.74, 6) is 3.44.